The van der Waals surface area contributed by atoms with Gasteiger partial charge in [0.05, 0.1) is 26.0 Å². The number of thiophene rings is 1. The number of rotatable bonds is 8. The van der Waals surface area contributed by atoms with Gasteiger partial charge in [0, 0.05) is 52.8 Å². The molecule has 4 atom stereocenters. The lowest BCUT2D eigenvalue weighted by Gasteiger charge is -2.44. The number of hydrogen-bond acceptors (Lipinski definition) is 11. The van der Waals surface area contributed by atoms with E-state index >= 15 is 4.39 Å². The van der Waals surface area contributed by atoms with Crippen molar-refractivity contribution in [2.75, 3.05) is 63.7 Å². The highest BCUT2D eigenvalue weighted by atomic mass is 32.1. The van der Waals surface area contributed by atoms with Gasteiger partial charge in [-0.25, -0.2) is 9.37 Å². The third-order valence-corrected chi connectivity index (χ3v) is 11.0. The predicted molar refractivity (Wildman–Crippen MR) is 176 cm³/mol. The van der Waals surface area contributed by atoms with Gasteiger partial charge in [-0.2, -0.15) is 15.2 Å². The lowest BCUT2D eigenvalue weighted by molar-refractivity contribution is -0.00718. The smallest absolute Gasteiger partial charge is 0.319 e. The summed E-state index contributed by atoms with van der Waals surface area (Å²) in [5.74, 6) is -0.173. The number of anilines is 2. The van der Waals surface area contributed by atoms with E-state index in [9.17, 15) is 9.65 Å². The van der Waals surface area contributed by atoms with Crippen LogP contribution in [0.25, 0.3) is 32.2 Å². The molecule has 4 aromatic rings. The van der Waals surface area contributed by atoms with Gasteiger partial charge in [-0.05, 0) is 44.3 Å². The predicted octanol–water partition coefficient (Wildman–Crippen LogP) is 5.15. The summed E-state index contributed by atoms with van der Waals surface area (Å²) in [5, 5.41) is 14.8. The summed E-state index contributed by atoms with van der Waals surface area (Å²) < 4.78 is 44.1. The lowest BCUT2D eigenvalue weighted by Crippen LogP contribution is -2.51. The molecular weight excluding hydrogens is 610 g/mol. The molecule has 0 radical (unpaired) electrons. The number of nitriles is 1. The maximum Gasteiger partial charge on any atom is 0.319 e. The van der Waals surface area contributed by atoms with Crippen molar-refractivity contribution in [2.24, 2.45) is 11.3 Å². The number of nitrogens with zero attached hydrogens (tertiary/aromatic N) is 6. The van der Waals surface area contributed by atoms with E-state index in [-0.39, 0.29) is 53.3 Å². The van der Waals surface area contributed by atoms with E-state index in [0.29, 0.717) is 46.8 Å². The molecule has 0 aliphatic carbocycles. The number of nitrogens with two attached hydrogens (primary N) is 1. The number of piperazine rings is 1. The molecule has 13 heteroatoms. The fourth-order valence-electron chi connectivity index (χ4n) is 7.50. The van der Waals surface area contributed by atoms with Gasteiger partial charge >= 0.3 is 6.01 Å². The Morgan fingerprint density at radius 2 is 1.96 bits per heavy atom. The SMILES string of the molecule is CCN1CC[C@H](CF)[C@](C)(COc2nc(N3C[C@H]4CC[C@@H](C3)N4)c3c(OC)nc(-c4cccc5sc(N)c(C#N)c45)c(F)c3n2)C1. The molecule has 242 valence electrons. The van der Waals surface area contributed by atoms with Crippen molar-refractivity contribution in [2.45, 2.75) is 45.2 Å². The molecular formula is C33H38F2N8O2S. The van der Waals surface area contributed by atoms with Crippen molar-refractivity contribution in [1.29, 1.82) is 5.26 Å². The van der Waals surface area contributed by atoms with Crippen molar-refractivity contribution in [3.05, 3.63) is 29.6 Å². The number of aromatic nitrogens is 3. The van der Waals surface area contributed by atoms with Crippen LogP contribution in [0.3, 0.4) is 0 Å². The molecule has 6 heterocycles. The molecule has 46 heavy (non-hydrogen) atoms. The fraction of sp³-hybridized carbons (Fsp3) is 0.515. The van der Waals surface area contributed by atoms with Crippen LogP contribution in [0.15, 0.2) is 18.2 Å². The van der Waals surface area contributed by atoms with Crippen molar-refractivity contribution >= 4 is 43.1 Å². The first kappa shape index (κ1) is 30.8. The van der Waals surface area contributed by atoms with E-state index in [1.54, 1.807) is 12.1 Å². The molecule has 3 saturated heterocycles. The van der Waals surface area contributed by atoms with Gasteiger partial charge in [0.1, 0.15) is 33.5 Å². The number of pyridine rings is 1. The van der Waals surface area contributed by atoms with Crippen LogP contribution in [0.4, 0.5) is 19.6 Å². The maximum absolute atomic E-state index is 17.0. The Bertz CT molecular complexity index is 1830. The topological polar surface area (TPSA) is 125 Å². The number of halogens is 2. The Kier molecular flexibility index (Phi) is 8.07. The van der Waals surface area contributed by atoms with Gasteiger partial charge in [-0.3, -0.25) is 4.39 Å². The van der Waals surface area contributed by atoms with Crippen LogP contribution in [0, 0.1) is 28.5 Å². The van der Waals surface area contributed by atoms with Crippen LogP contribution in [-0.2, 0) is 0 Å². The number of nitrogens with one attached hydrogen (secondary N) is 1. The van der Waals surface area contributed by atoms with Crippen LogP contribution in [-0.4, -0.2) is 85.1 Å². The van der Waals surface area contributed by atoms with E-state index in [2.05, 4.69) is 38.1 Å². The number of methoxy groups -OCH3 is 1. The molecule has 0 amide bonds. The van der Waals surface area contributed by atoms with E-state index < -0.39 is 17.9 Å². The highest BCUT2D eigenvalue weighted by Crippen LogP contribution is 2.44. The standard InChI is InChI=1S/C33H38F2N8O2S/c1-4-42-11-10-18(12-34)33(2,16-42)17-45-32-40-28-25(30(41-32)43-14-19-8-9-20(15-43)38-19)31(44-3)39-27(26(28)35)21-6-5-7-23-24(21)22(13-36)29(37)46-23/h5-7,18-20,38H,4,8-12,14-17,37H2,1-3H3/t18-,19-,20+,33+/m1/s1. The number of alkyl halides is 1. The summed E-state index contributed by atoms with van der Waals surface area (Å²) in [5.41, 5.74) is 6.40. The fourth-order valence-corrected chi connectivity index (χ4v) is 8.45. The zero-order chi connectivity index (χ0) is 32.2. The van der Waals surface area contributed by atoms with Crippen molar-refractivity contribution in [1.82, 2.24) is 25.2 Å². The highest BCUT2D eigenvalue weighted by Gasteiger charge is 2.41. The van der Waals surface area contributed by atoms with E-state index in [1.807, 2.05) is 13.0 Å². The van der Waals surface area contributed by atoms with Crippen LogP contribution >= 0.6 is 11.3 Å². The Morgan fingerprint density at radius 3 is 2.65 bits per heavy atom. The number of fused-ring (bicyclic) bond motifs is 4. The molecule has 7 rings (SSSR count). The van der Waals surface area contributed by atoms with Crippen molar-refractivity contribution in [3.8, 4) is 29.2 Å². The van der Waals surface area contributed by atoms with Crippen LogP contribution in [0.2, 0.25) is 0 Å². The third-order valence-electron chi connectivity index (χ3n) is 10.1. The number of hydrogen-bond donors (Lipinski definition) is 2. The Labute approximate surface area is 270 Å². The number of piperidine rings is 1. The molecule has 3 N–H and O–H groups in total. The number of likely N-dealkylation sites (tertiary alicyclic amines) is 1. The van der Waals surface area contributed by atoms with Crippen LogP contribution in [0.1, 0.15) is 38.7 Å². The van der Waals surface area contributed by atoms with Gasteiger partial charge in [0.2, 0.25) is 5.88 Å². The second-order valence-corrected chi connectivity index (χ2v) is 14.0. The van der Waals surface area contributed by atoms with Crippen LogP contribution in [0.5, 0.6) is 11.9 Å². The summed E-state index contributed by atoms with van der Waals surface area (Å²) in [6.45, 7) is 7.66. The molecule has 0 spiro atoms. The first-order valence-electron chi connectivity index (χ1n) is 15.9. The van der Waals surface area contributed by atoms with E-state index in [4.69, 9.17) is 20.2 Å². The summed E-state index contributed by atoms with van der Waals surface area (Å²) in [7, 11) is 1.49. The van der Waals surface area contributed by atoms with Gasteiger partial charge in [-0.1, -0.05) is 26.0 Å². The van der Waals surface area contributed by atoms with Gasteiger partial charge in [0.15, 0.2) is 5.82 Å². The van der Waals surface area contributed by atoms with E-state index in [0.717, 1.165) is 37.1 Å². The lowest BCUT2D eigenvalue weighted by atomic mass is 9.73. The summed E-state index contributed by atoms with van der Waals surface area (Å²) in [6, 6.07) is 8.12. The number of ether oxygens (including phenoxy) is 2. The third kappa shape index (κ3) is 5.16. The molecule has 1 aromatic carbocycles. The van der Waals surface area contributed by atoms with Crippen molar-refractivity contribution < 1.29 is 18.3 Å². The highest BCUT2D eigenvalue weighted by molar-refractivity contribution is 7.23. The molecule has 2 bridgehead atoms. The van der Waals surface area contributed by atoms with Crippen molar-refractivity contribution in [3.63, 3.8) is 0 Å². The summed E-state index contributed by atoms with van der Waals surface area (Å²) >= 11 is 1.27. The minimum absolute atomic E-state index is 0.00412. The molecule has 10 nitrogen and oxygen atoms in total. The number of nitrogen functional groups attached to an aromatic ring is 1. The molecule has 3 aliphatic heterocycles. The minimum atomic E-state index is -0.675. The average Bonchev–Trinajstić information content (AvgIpc) is 3.59. The largest absolute Gasteiger partial charge is 0.480 e. The van der Waals surface area contributed by atoms with Gasteiger partial charge < -0.3 is 30.3 Å². The monoisotopic (exact) mass is 648 g/mol. The Morgan fingerprint density at radius 1 is 1.17 bits per heavy atom. The molecule has 3 fully saturated rings. The quantitative estimate of drug-likeness (QED) is 0.265. The van der Waals surface area contributed by atoms with Gasteiger partial charge in [-0.15, -0.1) is 11.3 Å². The Hall–Kier alpha value is -3.86. The zero-order valence-corrected chi connectivity index (χ0v) is 27.1. The minimum Gasteiger partial charge on any atom is -0.480 e. The molecule has 0 unspecified atom stereocenters. The number of benzene rings is 1. The normalized spacial score (nSPS) is 24.9. The average molecular weight is 649 g/mol. The van der Waals surface area contributed by atoms with E-state index in [1.165, 1.54) is 18.4 Å². The summed E-state index contributed by atoms with van der Waals surface area (Å²) in [4.78, 5) is 18.6. The first-order chi connectivity index (χ1) is 22.3. The van der Waals surface area contributed by atoms with Crippen LogP contribution < -0.4 is 25.4 Å². The second kappa shape index (κ2) is 12.1. The zero-order valence-electron chi connectivity index (χ0n) is 26.3. The second-order valence-electron chi connectivity index (χ2n) is 13.0. The molecule has 3 aliphatic rings. The Balaban J connectivity index is 1.39. The maximum atomic E-state index is 17.0. The first-order valence-corrected chi connectivity index (χ1v) is 16.7. The molecule has 3 aromatic heterocycles. The summed E-state index contributed by atoms with van der Waals surface area (Å²) in [6.07, 6.45) is 2.84. The molecule has 0 saturated carbocycles. The van der Waals surface area contributed by atoms with Gasteiger partial charge in [0.25, 0.3) is 0 Å².